The van der Waals surface area contributed by atoms with Gasteiger partial charge in [0.15, 0.2) is 0 Å². The maximum absolute atomic E-state index is 14.5. The van der Waals surface area contributed by atoms with Crippen molar-refractivity contribution < 1.29 is 53.1 Å². The number of carbonyl (C=O) groups is 1. The minimum absolute atomic E-state index is 0.0856. The lowest BCUT2D eigenvalue weighted by molar-refractivity contribution is -0.476. The second kappa shape index (κ2) is 9.90. The maximum Gasteiger partial charge on any atom is 0.384 e. The second-order valence-corrected chi connectivity index (χ2v) is 7.97. The fourth-order valence-electron chi connectivity index (χ4n) is 3.44. The molecule has 1 fully saturated rings. The van der Waals surface area contributed by atoms with Crippen molar-refractivity contribution in [1.29, 1.82) is 0 Å². The number of rotatable bonds is 12. The van der Waals surface area contributed by atoms with Gasteiger partial charge >= 0.3 is 35.3 Å². The van der Waals surface area contributed by atoms with E-state index in [-0.39, 0.29) is 6.42 Å². The molecule has 13 heteroatoms. The van der Waals surface area contributed by atoms with Gasteiger partial charge in [-0.3, -0.25) is 4.79 Å². The van der Waals surface area contributed by atoms with E-state index in [1.807, 2.05) is 0 Å². The van der Waals surface area contributed by atoms with Gasteiger partial charge in [-0.2, -0.15) is 43.9 Å². The molecule has 0 spiro atoms. The van der Waals surface area contributed by atoms with Crippen LogP contribution in [0.5, 0.6) is 0 Å². The molecule has 0 aromatic heterocycles. The summed E-state index contributed by atoms with van der Waals surface area (Å²) in [5.74, 6) is -39.3. The Morgan fingerprint density at radius 3 is 1.22 bits per heavy atom. The van der Waals surface area contributed by atoms with E-state index in [1.165, 1.54) is 0 Å². The molecule has 0 radical (unpaired) electrons. The first-order chi connectivity index (χ1) is 14.5. The Morgan fingerprint density at radius 2 is 0.844 bits per heavy atom. The molecule has 1 rings (SSSR count). The van der Waals surface area contributed by atoms with Gasteiger partial charge in [0.2, 0.25) is 0 Å². The average molecular weight is 493 g/mol. The molecule has 1 N–H and O–H groups in total. The standard InChI is InChI=1S/C19H26F11NO/c1-2-3-4-5-6-7-8-9-10-11-12-31-13(32)14(20)15(21,22)17(25,26)19(29,30)18(27,28)16(14,23)24/h2-12H2,1H3,(H,31,32). The van der Waals surface area contributed by atoms with E-state index >= 15 is 0 Å². The van der Waals surface area contributed by atoms with Crippen molar-refractivity contribution >= 4 is 5.91 Å². The van der Waals surface area contributed by atoms with Gasteiger partial charge in [-0.05, 0) is 6.42 Å². The van der Waals surface area contributed by atoms with E-state index in [2.05, 4.69) is 6.92 Å². The minimum atomic E-state index is -7.32. The summed E-state index contributed by atoms with van der Waals surface area (Å²) in [5, 5.41) is 1.15. The molecule has 0 aliphatic heterocycles. The number of halogens is 11. The van der Waals surface area contributed by atoms with E-state index < -0.39 is 47.7 Å². The highest BCUT2D eigenvalue weighted by Gasteiger charge is 3.02. The van der Waals surface area contributed by atoms with Crippen LogP contribution in [0.1, 0.15) is 71.1 Å². The fourth-order valence-corrected chi connectivity index (χ4v) is 3.44. The monoisotopic (exact) mass is 493 g/mol. The molecule has 32 heavy (non-hydrogen) atoms. The van der Waals surface area contributed by atoms with Crippen molar-refractivity contribution in [2.45, 2.75) is 106 Å². The van der Waals surface area contributed by atoms with Crippen LogP contribution >= 0.6 is 0 Å². The summed E-state index contributed by atoms with van der Waals surface area (Å²) in [4.78, 5) is 11.6. The highest BCUT2D eigenvalue weighted by molar-refractivity contribution is 5.88. The Morgan fingerprint density at radius 1 is 0.531 bits per heavy atom. The molecule has 0 aromatic rings. The highest BCUT2D eigenvalue weighted by Crippen LogP contribution is 2.69. The van der Waals surface area contributed by atoms with Crippen LogP contribution in [-0.2, 0) is 4.79 Å². The van der Waals surface area contributed by atoms with Gasteiger partial charge in [0.05, 0.1) is 0 Å². The molecule has 0 saturated heterocycles. The Hall–Kier alpha value is -1.30. The van der Waals surface area contributed by atoms with Crippen molar-refractivity contribution in [3.8, 4) is 0 Å². The third-order valence-electron chi connectivity index (χ3n) is 5.57. The lowest BCUT2D eigenvalue weighted by Gasteiger charge is -2.51. The van der Waals surface area contributed by atoms with Crippen LogP contribution in [0.15, 0.2) is 0 Å². The number of unbranched alkanes of at least 4 members (excludes halogenated alkanes) is 9. The quantitative estimate of drug-likeness (QED) is 0.232. The Kier molecular flexibility index (Phi) is 8.89. The van der Waals surface area contributed by atoms with Gasteiger partial charge in [0, 0.05) is 6.54 Å². The molecule has 190 valence electrons. The van der Waals surface area contributed by atoms with Crippen LogP contribution in [0.4, 0.5) is 48.3 Å². The molecule has 1 amide bonds. The molecule has 0 heterocycles. The van der Waals surface area contributed by atoms with Crippen molar-refractivity contribution in [2.75, 3.05) is 6.54 Å². The first-order valence-electron chi connectivity index (χ1n) is 10.3. The third-order valence-corrected chi connectivity index (χ3v) is 5.57. The molecular weight excluding hydrogens is 467 g/mol. The predicted octanol–water partition coefficient (Wildman–Crippen LogP) is 6.92. The van der Waals surface area contributed by atoms with Crippen LogP contribution in [0.2, 0.25) is 0 Å². The smallest absolute Gasteiger partial charge is 0.353 e. The number of nitrogens with one attached hydrogen (secondary N) is 1. The molecule has 1 saturated carbocycles. The fraction of sp³-hybridized carbons (Fsp3) is 0.947. The number of hydrogen-bond donors (Lipinski definition) is 1. The van der Waals surface area contributed by atoms with Crippen LogP contribution in [-0.4, -0.2) is 47.7 Å². The third kappa shape index (κ3) is 4.28. The summed E-state index contributed by atoms with van der Waals surface area (Å²) in [6, 6.07) is 0. The molecule has 0 atom stereocenters. The second-order valence-electron chi connectivity index (χ2n) is 7.97. The van der Waals surface area contributed by atoms with E-state index in [1.54, 1.807) is 0 Å². The normalized spacial score (nSPS) is 24.1. The van der Waals surface area contributed by atoms with Crippen LogP contribution in [0.3, 0.4) is 0 Å². The van der Waals surface area contributed by atoms with E-state index in [0.717, 1.165) is 50.3 Å². The maximum atomic E-state index is 14.5. The van der Waals surface area contributed by atoms with Gasteiger partial charge in [-0.1, -0.05) is 64.7 Å². The van der Waals surface area contributed by atoms with Gasteiger partial charge < -0.3 is 5.32 Å². The molecule has 2 nitrogen and oxygen atoms in total. The van der Waals surface area contributed by atoms with Crippen LogP contribution in [0, 0.1) is 0 Å². The van der Waals surface area contributed by atoms with Gasteiger partial charge in [0.25, 0.3) is 5.91 Å². The molecule has 0 unspecified atom stereocenters. The minimum Gasteiger partial charge on any atom is -0.353 e. The number of alkyl halides is 11. The molecular formula is C19H26F11NO. The Bertz CT molecular complexity index is 607. The lowest BCUT2D eigenvalue weighted by atomic mass is 9.71. The summed E-state index contributed by atoms with van der Waals surface area (Å²) in [6.45, 7) is 1.28. The van der Waals surface area contributed by atoms with Gasteiger partial charge in [-0.25, -0.2) is 4.39 Å². The van der Waals surface area contributed by atoms with Crippen molar-refractivity contribution in [3.05, 3.63) is 0 Å². The van der Waals surface area contributed by atoms with E-state index in [4.69, 9.17) is 0 Å². The van der Waals surface area contributed by atoms with Crippen LogP contribution in [0.25, 0.3) is 0 Å². The summed E-state index contributed by atoms with van der Waals surface area (Å²) in [5.41, 5.74) is -6.60. The summed E-state index contributed by atoms with van der Waals surface area (Å²) < 4.78 is 149. The summed E-state index contributed by atoms with van der Waals surface area (Å²) in [7, 11) is 0. The first-order valence-corrected chi connectivity index (χ1v) is 10.3. The average Bonchev–Trinajstić information content (AvgIpc) is 2.69. The van der Waals surface area contributed by atoms with Crippen LogP contribution < -0.4 is 5.32 Å². The largest absolute Gasteiger partial charge is 0.384 e. The van der Waals surface area contributed by atoms with E-state index in [0.29, 0.717) is 12.8 Å². The first kappa shape index (κ1) is 28.7. The van der Waals surface area contributed by atoms with Crippen molar-refractivity contribution in [1.82, 2.24) is 5.32 Å². The highest BCUT2D eigenvalue weighted by atomic mass is 19.4. The van der Waals surface area contributed by atoms with E-state index in [9.17, 15) is 53.1 Å². The molecule has 1 aliphatic rings. The number of hydrogen-bond acceptors (Lipinski definition) is 1. The summed E-state index contributed by atoms with van der Waals surface area (Å²) in [6.07, 6.45) is 7.72. The van der Waals surface area contributed by atoms with Gasteiger partial charge in [0.1, 0.15) is 0 Å². The summed E-state index contributed by atoms with van der Waals surface area (Å²) >= 11 is 0. The number of amides is 1. The lowest BCUT2D eigenvalue weighted by Crippen LogP contribution is -2.86. The Balaban J connectivity index is 2.73. The molecule has 1 aliphatic carbocycles. The SMILES string of the molecule is CCCCCCCCCCCCNC(=O)C1(F)C(F)(F)C(F)(F)C(F)(F)C(F)(F)C1(F)F. The van der Waals surface area contributed by atoms with Gasteiger partial charge in [-0.15, -0.1) is 0 Å². The topological polar surface area (TPSA) is 29.1 Å². The zero-order valence-electron chi connectivity index (χ0n) is 17.3. The molecule has 0 bridgehead atoms. The zero-order valence-corrected chi connectivity index (χ0v) is 17.3. The molecule has 0 aromatic carbocycles. The van der Waals surface area contributed by atoms with Crippen molar-refractivity contribution in [2.24, 2.45) is 0 Å². The number of carbonyl (C=O) groups excluding carboxylic acids is 1. The zero-order chi connectivity index (χ0) is 25.1. The Labute approximate surface area is 178 Å². The predicted molar refractivity (Wildman–Crippen MR) is 93.4 cm³/mol. The van der Waals surface area contributed by atoms with Crippen molar-refractivity contribution in [3.63, 3.8) is 0 Å².